The minimum atomic E-state index is -0.470. The van der Waals surface area contributed by atoms with Gasteiger partial charge in [0, 0.05) is 54.3 Å². The molecule has 1 fully saturated rings. The first kappa shape index (κ1) is 19.7. The van der Waals surface area contributed by atoms with Gasteiger partial charge in [0.15, 0.2) is 0 Å². The minimum absolute atomic E-state index is 0.00312. The number of non-ortho nitro benzene ring substituents is 1. The van der Waals surface area contributed by atoms with Gasteiger partial charge in [0.05, 0.1) is 11.0 Å². The molecule has 9 heteroatoms. The van der Waals surface area contributed by atoms with E-state index in [0.29, 0.717) is 30.1 Å². The van der Waals surface area contributed by atoms with E-state index in [-0.39, 0.29) is 24.3 Å². The summed E-state index contributed by atoms with van der Waals surface area (Å²) in [6.45, 7) is 2.98. The number of aliphatic hydroxyl groups excluding tert-OH is 1. The van der Waals surface area contributed by atoms with Crippen LogP contribution in [0.3, 0.4) is 0 Å². The normalized spacial score (nSPS) is 22.3. The number of hydrogen-bond donors (Lipinski definition) is 2. The number of nitro groups is 1. The Hall–Kier alpha value is -2.10. The number of carbonyl (C=O) groups is 1. The van der Waals surface area contributed by atoms with Gasteiger partial charge in [0.25, 0.3) is 5.69 Å². The van der Waals surface area contributed by atoms with Gasteiger partial charge in [-0.1, -0.05) is 0 Å². The van der Waals surface area contributed by atoms with Crippen molar-refractivity contribution in [1.82, 2.24) is 4.90 Å². The van der Waals surface area contributed by atoms with Crippen LogP contribution in [0.5, 0.6) is 0 Å². The van der Waals surface area contributed by atoms with E-state index in [1.165, 1.54) is 12.1 Å². The summed E-state index contributed by atoms with van der Waals surface area (Å²) in [5, 5.41) is 20.6. The Bertz CT molecular complexity index is 750. The molecule has 0 spiro atoms. The van der Waals surface area contributed by atoms with Gasteiger partial charge in [0.2, 0.25) is 0 Å². The molecule has 1 saturated heterocycles. The minimum Gasteiger partial charge on any atom is -0.456 e. The molecule has 0 unspecified atom stereocenters. The van der Waals surface area contributed by atoms with Crippen LogP contribution in [0, 0.1) is 16.0 Å². The summed E-state index contributed by atoms with van der Waals surface area (Å²) >= 11 is 1.56. The van der Waals surface area contributed by atoms with Crippen molar-refractivity contribution in [3.05, 3.63) is 50.5 Å². The van der Waals surface area contributed by atoms with Gasteiger partial charge in [-0.15, -0.1) is 11.8 Å². The molecule has 3 atom stereocenters. The zero-order valence-corrected chi connectivity index (χ0v) is 15.9. The largest absolute Gasteiger partial charge is 0.456 e. The molecule has 0 aliphatic carbocycles. The van der Waals surface area contributed by atoms with Crippen molar-refractivity contribution in [3.63, 3.8) is 0 Å². The van der Waals surface area contributed by atoms with Gasteiger partial charge in [-0.25, -0.2) is 4.79 Å². The lowest BCUT2D eigenvalue weighted by Gasteiger charge is -2.47. The Morgan fingerprint density at radius 1 is 1.48 bits per heavy atom. The molecule has 146 valence electrons. The Labute approximate surface area is 161 Å². The highest BCUT2D eigenvalue weighted by Crippen LogP contribution is 2.46. The van der Waals surface area contributed by atoms with Gasteiger partial charge >= 0.3 is 5.97 Å². The molecule has 0 saturated carbocycles. The highest BCUT2D eigenvalue weighted by molar-refractivity contribution is 8.03. The zero-order chi connectivity index (χ0) is 19.6. The number of rotatable bonds is 8. The average molecular weight is 393 g/mol. The van der Waals surface area contributed by atoms with Crippen LogP contribution < -0.4 is 5.73 Å². The summed E-state index contributed by atoms with van der Waals surface area (Å²) < 4.78 is 5.46. The number of fused-ring (bicyclic) bond motifs is 1. The number of hydrogen-bond acceptors (Lipinski definition) is 8. The van der Waals surface area contributed by atoms with E-state index < -0.39 is 17.0 Å². The van der Waals surface area contributed by atoms with Crippen molar-refractivity contribution in [2.24, 2.45) is 11.7 Å². The van der Waals surface area contributed by atoms with Crippen molar-refractivity contribution < 1.29 is 19.6 Å². The molecule has 3 N–H and O–H groups in total. The first-order valence-corrected chi connectivity index (χ1v) is 9.82. The quantitative estimate of drug-likeness (QED) is 0.389. The van der Waals surface area contributed by atoms with Gasteiger partial charge in [-0.3, -0.25) is 10.1 Å². The van der Waals surface area contributed by atoms with Crippen molar-refractivity contribution in [2.75, 3.05) is 18.8 Å². The SMILES string of the molecule is C[C@@H](O)[C@H]1CN2C(C(=O)OCc3ccc([N+](=O)[O-])cc3)=C(SCCN)C[C@H]12. The van der Waals surface area contributed by atoms with E-state index in [1.54, 1.807) is 30.8 Å². The molecule has 2 aliphatic rings. The number of benzene rings is 1. The molecular formula is C18H23N3O5S. The molecule has 2 heterocycles. The second-order valence-corrected chi connectivity index (χ2v) is 7.93. The summed E-state index contributed by atoms with van der Waals surface area (Å²) in [6, 6.07) is 6.06. The highest BCUT2D eigenvalue weighted by atomic mass is 32.2. The summed E-state index contributed by atoms with van der Waals surface area (Å²) in [7, 11) is 0. The van der Waals surface area contributed by atoms with Crippen molar-refractivity contribution in [3.8, 4) is 0 Å². The number of nitrogens with two attached hydrogens (primary N) is 1. The summed E-state index contributed by atoms with van der Waals surface area (Å²) in [4.78, 5) is 25.9. The van der Waals surface area contributed by atoms with Crippen LogP contribution in [0.2, 0.25) is 0 Å². The van der Waals surface area contributed by atoms with Gasteiger partial charge in [0.1, 0.15) is 12.3 Å². The molecule has 27 heavy (non-hydrogen) atoms. The monoisotopic (exact) mass is 393 g/mol. The molecule has 2 aliphatic heterocycles. The maximum absolute atomic E-state index is 12.7. The van der Waals surface area contributed by atoms with Crippen molar-refractivity contribution in [1.29, 1.82) is 0 Å². The second-order valence-electron chi connectivity index (χ2n) is 6.74. The summed E-state index contributed by atoms with van der Waals surface area (Å²) in [5.41, 5.74) is 6.85. The number of carbonyl (C=O) groups excluding carboxylic acids is 1. The number of thioether (sulfide) groups is 1. The Kier molecular flexibility index (Phi) is 6.03. The lowest BCUT2D eigenvalue weighted by atomic mass is 9.84. The number of ether oxygens (including phenoxy) is 1. The first-order valence-electron chi connectivity index (χ1n) is 8.83. The molecule has 1 aromatic carbocycles. The first-order chi connectivity index (χ1) is 12.9. The Morgan fingerprint density at radius 2 is 2.19 bits per heavy atom. The Balaban J connectivity index is 1.66. The summed E-state index contributed by atoms with van der Waals surface area (Å²) in [6.07, 6.45) is 0.310. The van der Waals surface area contributed by atoms with Crippen LogP contribution in [0.15, 0.2) is 34.9 Å². The van der Waals surface area contributed by atoms with Crippen LogP contribution in [0.4, 0.5) is 5.69 Å². The van der Waals surface area contributed by atoms with Crippen molar-refractivity contribution >= 4 is 23.4 Å². The smallest absolute Gasteiger partial charge is 0.355 e. The average Bonchev–Trinajstić information content (AvgIpc) is 2.90. The van der Waals surface area contributed by atoms with Crippen LogP contribution in [0.25, 0.3) is 0 Å². The lowest BCUT2D eigenvalue weighted by Crippen LogP contribution is -2.57. The Morgan fingerprint density at radius 3 is 2.78 bits per heavy atom. The lowest BCUT2D eigenvalue weighted by molar-refractivity contribution is -0.384. The van der Waals surface area contributed by atoms with Gasteiger partial charge in [-0.2, -0.15) is 0 Å². The molecule has 8 nitrogen and oxygen atoms in total. The second kappa shape index (κ2) is 8.28. The van der Waals surface area contributed by atoms with Crippen LogP contribution in [0.1, 0.15) is 18.9 Å². The van der Waals surface area contributed by atoms with E-state index in [4.69, 9.17) is 10.5 Å². The molecule has 3 rings (SSSR count). The molecular weight excluding hydrogens is 370 g/mol. The molecule has 0 radical (unpaired) electrons. The zero-order valence-electron chi connectivity index (χ0n) is 15.0. The van der Waals surface area contributed by atoms with Crippen molar-refractivity contribution in [2.45, 2.75) is 32.1 Å². The van der Waals surface area contributed by atoms with Gasteiger partial charge in [-0.05, 0) is 24.6 Å². The van der Waals surface area contributed by atoms with Crippen LogP contribution in [-0.2, 0) is 16.1 Å². The van der Waals surface area contributed by atoms with E-state index in [1.807, 2.05) is 4.90 Å². The predicted octanol–water partition coefficient (Wildman–Crippen LogP) is 1.63. The third-order valence-corrected chi connectivity index (χ3v) is 6.12. The third-order valence-electron chi connectivity index (χ3n) is 4.97. The fourth-order valence-electron chi connectivity index (χ4n) is 3.49. The number of nitro benzene ring substituents is 1. The predicted molar refractivity (Wildman–Crippen MR) is 102 cm³/mol. The fourth-order valence-corrected chi connectivity index (χ4v) is 4.48. The highest BCUT2D eigenvalue weighted by Gasteiger charge is 2.49. The van der Waals surface area contributed by atoms with E-state index >= 15 is 0 Å². The van der Waals surface area contributed by atoms with E-state index in [2.05, 4.69) is 0 Å². The summed E-state index contributed by atoms with van der Waals surface area (Å²) in [5.74, 6) is 0.465. The maximum atomic E-state index is 12.7. The van der Waals surface area contributed by atoms with E-state index in [0.717, 1.165) is 11.3 Å². The molecule has 0 bridgehead atoms. The maximum Gasteiger partial charge on any atom is 0.355 e. The molecule has 0 aromatic heterocycles. The number of aliphatic hydroxyl groups is 1. The topological polar surface area (TPSA) is 119 Å². The number of esters is 1. The standard InChI is InChI=1S/C18H23N3O5S/c1-11(22)14-9-20-15(14)8-16(27-7-6-19)17(20)18(23)26-10-12-2-4-13(5-3-12)21(24)25/h2-5,11,14-15,22H,6-10,19H2,1H3/t11-,14-,15-/m1/s1. The fraction of sp³-hybridized carbons (Fsp3) is 0.500. The molecule has 1 aromatic rings. The van der Waals surface area contributed by atoms with Gasteiger partial charge < -0.3 is 20.5 Å². The van der Waals surface area contributed by atoms with Crippen LogP contribution >= 0.6 is 11.8 Å². The van der Waals surface area contributed by atoms with E-state index in [9.17, 15) is 20.0 Å². The molecule has 0 amide bonds. The number of nitrogens with zero attached hydrogens (tertiary/aromatic N) is 2. The van der Waals surface area contributed by atoms with Crippen LogP contribution in [-0.4, -0.2) is 51.9 Å². The third kappa shape index (κ3) is 4.10.